The molecule has 0 aliphatic carbocycles. The number of rotatable bonds is 2. The molecule has 1 heterocycles. The number of likely N-dealkylation sites (tertiary alicyclic amines) is 1. The van der Waals surface area contributed by atoms with Crippen molar-refractivity contribution in [2.45, 2.75) is 77.6 Å². The Morgan fingerprint density at radius 2 is 1.57 bits per heavy atom. The first-order valence-electron chi connectivity index (χ1n) is 7.94. The molecule has 1 aliphatic rings. The van der Waals surface area contributed by atoms with Crippen LogP contribution >= 0.6 is 0 Å². The van der Waals surface area contributed by atoms with E-state index in [0.717, 1.165) is 24.3 Å². The maximum absolute atomic E-state index is 6.32. The highest BCUT2D eigenvalue weighted by Crippen LogP contribution is 2.38. The van der Waals surface area contributed by atoms with Gasteiger partial charge in [-0.1, -0.05) is 0 Å². The van der Waals surface area contributed by atoms with Crippen LogP contribution in [0, 0.1) is 0 Å². The van der Waals surface area contributed by atoms with Crippen molar-refractivity contribution in [1.29, 1.82) is 0 Å². The van der Waals surface area contributed by atoms with Gasteiger partial charge in [0.05, 0.1) is 0 Å². The van der Waals surface area contributed by atoms with E-state index in [0.29, 0.717) is 12.1 Å². The summed E-state index contributed by atoms with van der Waals surface area (Å²) in [4.78, 5) is 2.61. The highest BCUT2D eigenvalue weighted by atomic mass is 16.5. The van der Waals surface area contributed by atoms with Crippen molar-refractivity contribution in [1.82, 2.24) is 4.90 Å². The molecule has 1 saturated heterocycles. The summed E-state index contributed by atoms with van der Waals surface area (Å²) in [6.07, 6.45) is 2.08. The van der Waals surface area contributed by atoms with E-state index in [-0.39, 0.29) is 11.1 Å². The fourth-order valence-electron chi connectivity index (χ4n) is 4.19. The van der Waals surface area contributed by atoms with E-state index in [1.165, 1.54) is 0 Å². The lowest BCUT2D eigenvalue weighted by molar-refractivity contribution is -0.0717. The Bertz CT molecular complexity index is 463. The van der Waals surface area contributed by atoms with Gasteiger partial charge in [-0.2, -0.15) is 0 Å². The largest absolute Gasteiger partial charge is 0.487 e. The molecule has 0 bridgehead atoms. The maximum Gasteiger partial charge on any atom is 0.120 e. The second-order valence-electron chi connectivity index (χ2n) is 7.81. The molecule has 0 aromatic heterocycles. The van der Waals surface area contributed by atoms with Crippen molar-refractivity contribution in [3.63, 3.8) is 0 Å². The Kier molecular flexibility index (Phi) is 4.25. The van der Waals surface area contributed by atoms with Crippen LogP contribution in [0.15, 0.2) is 24.3 Å². The zero-order chi connectivity index (χ0) is 15.8. The number of hydrogen-bond donors (Lipinski definition) is 1. The number of nitrogens with two attached hydrogens (primary N) is 1. The van der Waals surface area contributed by atoms with Gasteiger partial charge in [0, 0.05) is 36.2 Å². The van der Waals surface area contributed by atoms with E-state index in [2.05, 4.69) is 46.4 Å². The van der Waals surface area contributed by atoms with Crippen LogP contribution in [-0.2, 0) is 0 Å². The standard InChI is InChI=1S/C18H30N2O/c1-13-11-18(6,12-14(2)20(13)17(3,4)5)21-16-9-7-15(19)8-10-16/h7-10,13-14H,11-12,19H2,1-6H3. The van der Waals surface area contributed by atoms with Crippen molar-refractivity contribution >= 4 is 5.69 Å². The summed E-state index contributed by atoms with van der Waals surface area (Å²) in [5.74, 6) is 0.912. The third kappa shape index (κ3) is 3.70. The smallest absolute Gasteiger partial charge is 0.120 e. The van der Waals surface area contributed by atoms with Crippen LogP contribution < -0.4 is 10.5 Å². The summed E-state index contributed by atoms with van der Waals surface area (Å²) in [6, 6.07) is 8.74. The second-order valence-corrected chi connectivity index (χ2v) is 7.81. The van der Waals surface area contributed by atoms with Gasteiger partial charge in [0.15, 0.2) is 0 Å². The molecule has 2 rings (SSSR count). The average molecular weight is 290 g/mol. The van der Waals surface area contributed by atoms with Crippen molar-refractivity contribution in [2.75, 3.05) is 5.73 Å². The predicted molar refractivity (Wildman–Crippen MR) is 89.6 cm³/mol. The van der Waals surface area contributed by atoms with Gasteiger partial charge in [-0.05, 0) is 65.8 Å². The molecule has 118 valence electrons. The highest BCUT2D eigenvalue weighted by molar-refractivity contribution is 5.41. The van der Waals surface area contributed by atoms with Gasteiger partial charge < -0.3 is 10.5 Å². The van der Waals surface area contributed by atoms with Gasteiger partial charge >= 0.3 is 0 Å². The van der Waals surface area contributed by atoms with Gasteiger partial charge in [0.1, 0.15) is 11.4 Å². The third-order valence-electron chi connectivity index (χ3n) is 4.42. The van der Waals surface area contributed by atoms with E-state index >= 15 is 0 Å². The second kappa shape index (κ2) is 5.53. The van der Waals surface area contributed by atoms with Gasteiger partial charge in [0.2, 0.25) is 0 Å². The zero-order valence-electron chi connectivity index (χ0n) is 14.3. The van der Waals surface area contributed by atoms with E-state index in [1.807, 2.05) is 24.3 Å². The van der Waals surface area contributed by atoms with E-state index < -0.39 is 0 Å². The Balaban J connectivity index is 2.13. The maximum atomic E-state index is 6.32. The zero-order valence-corrected chi connectivity index (χ0v) is 14.3. The van der Waals surface area contributed by atoms with Crippen LogP contribution in [0.25, 0.3) is 0 Å². The molecular formula is C18H30N2O. The molecule has 1 fully saturated rings. The Morgan fingerprint density at radius 3 is 2.00 bits per heavy atom. The Hall–Kier alpha value is -1.22. The Labute approximate surface area is 129 Å². The van der Waals surface area contributed by atoms with E-state index in [4.69, 9.17) is 10.5 Å². The topological polar surface area (TPSA) is 38.5 Å². The first-order chi connectivity index (χ1) is 9.61. The van der Waals surface area contributed by atoms with Crippen LogP contribution in [0.5, 0.6) is 5.75 Å². The van der Waals surface area contributed by atoms with Crippen LogP contribution in [0.4, 0.5) is 5.69 Å². The number of benzene rings is 1. The summed E-state index contributed by atoms with van der Waals surface area (Å²) in [5, 5.41) is 0. The minimum atomic E-state index is -0.114. The summed E-state index contributed by atoms with van der Waals surface area (Å²) in [5.41, 5.74) is 6.60. The molecule has 21 heavy (non-hydrogen) atoms. The molecule has 3 heteroatoms. The van der Waals surface area contributed by atoms with Gasteiger partial charge in [-0.15, -0.1) is 0 Å². The molecular weight excluding hydrogens is 260 g/mol. The first-order valence-corrected chi connectivity index (χ1v) is 7.94. The highest BCUT2D eigenvalue weighted by Gasteiger charge is 2.43. The molecule has 1 aliphatic heterocycles. The van der Waals surface area contributed by atoms with Crippen molar-refractivity contribution in [3.8, 4) is 5.75 Å². The van der Waals surface area contributed by atoms with Gasteiger partial charge in [-0.3, -0.25) is 4.90 Å². The minimum Gasteiger partial charge on any atom is -0.487 e. The molecule has 0 radical (unpaired) electrons. The lowest BCUT2D eigenvalue weighted by Crippen LogP contribution is -2.60. The summed E-state index contributed by atoms with van der Waals surface area (Å²) in [7, 11) is 0. The summed E-state index contributed by atoms with van der Waals surface area (Å²) in [6.45, 7) is 13.7. The molecule has 0 saturated carbocycles. The average Bonchev–Trinajstić information content (AvgIpc) is 2.28. The van der Waals surface area contributed by atoms with Crippen LogP contribution in [-0.4, -0.2) is 28.1 Å². The SMILES string of the molecule is CC1CC(C)(Oc2ccc(N)cc2)CC(C)N1C(C)(C)C. The molecule has 1 aromatic carbocycles. The molecule has 1 aromatic rings. The van der Waals surface area contributed by atoms with Crippen molar-refractivity contribution in [2.24, 2.45) is 0 Å². The lowest BCUT2D eigenvalue weighted by atomic mass is 9.81. The van der Waals surface area contributed by atoms with Crippen molar-refractivity contribution in [3.05, 3.63) is 24.3 Å². The van der Waals surface area contributed by atoms with Gasteiger partial charge in [-0.25, -0.2) is 0 Å². The Morgan fingerprint density at radius 1 is 1.10 bits per heavy atom. The van der Waals surface area contributed by atoms with Crippen LogP contribution in [0.1, 0.15) is 54.4 Å². The van der Waals surface area contributed by atoms with E-state index in [9.17, 15) is 0 Å². The molecule has 2 N–H and O–H groups in total. The monoisotopic (exact) mass is 290 g/mol. The third-order valence-corrected chi connectivity index (χ3v) is 4.42. The lowest BCUT2D eigenvalue weighted by Gasteiger charge is -2.53. The number of nitrogen functional groups attached to an aromatic ring is 1. The molecule has 3 nitrogen and oxygen atoms in total. The number of nitrogens with zero attached hydrogens (tertiary/aromatic N) is 1. The van der Waals surface area contributed by atoms with Crippen LogP contribution in [0.3, 0.4) is 0 Å². The molecule has 2 atom stereocenters. The van der Waals surface area contributed by atoms with Crippen LogP contribution in [0.2, 0.25) is 0 Å². The molecule has 0 spiro atoms. The number of ether oxygens (including phenoxy) is 1. The predicted octanol–water partition coefficient (Wildman–Crippen LogP) is 4.08. The molecule has 0 amide bonds. The van der Waals surface area contributed by atoms with Gasteiger partial charge in [0.25, 0.3) is 0 Å². The quantitative estimate of drug-likeness (QED) is 0.834. The minimum absolute atomic E-state index is 0.114. The number of anilines is 1. The number of hydrogen-bond acceptors (Lipinski definition) is 3. The fraction of sp³-hybridized carbons (Fsp3) is 0.667. The summed E-state index contributed by atoms with van der Waals surface area (Å²) < 4.78 is 6.32. The van der Waals surface area contributed by atoms with E-state index in [1.54, 1.807) is 0 Å². The van der Waals surface area contributed by atoms with Crippen molar-refractivity contribution < 1.29 is 4.74 Å². The fourth-order valence-corrected chi connectivity index (χ4v) is 4.19. The number of piperidine rings is 1. The normalized spacial score (nSPS) is 31.1. The molecule has 2 unspecified atom stereocenters. The first kappa shape index (κ1) is 16.2. The summed E-state index contributed by atoms with van der Waals surface area (Å²) >= 11 is 0.